The third kappa shape index (κ3) is 6.57. The van der Waals surface area contributed by atoms with Gasteiger partial charge in [0.25, 0.3) is 0 Å². The van der Waals surface area contributed by atoms with Crippen molar-refractivity contribution in [1.82, 2.24) is 4.98 Å². The van der Waals surface area contributed by atoms with Gasteiger partial charge in [-0.15, -0.1) is 11.8 Å². The number of aromatic nitrogens is 1. The number of nitrogens with zero attached hydrogens (tertiary/aromatic N) is 2. The van der Waals surface area contributed by atoms with Crippen LogP contribution in [-0.2, 0) is 11.9 Å². The van der Waals surface area contributed by atoms with Crippen LogP contribution in [0.2, 0.25) is 10.0 Å². The summed E-state index contributed by atoms with van der Waals surface area (Å²) in [6.07, 6.45) is -2.81. The zero-order valence-electron chi connectivity index (χ0n) is 17.5. The molecule has 3 aromatic rings. The fourth-order valence-corrected chi connectivity index (χ4v) is 4.51. The molecule has 0 aliphatic carbocycles. The third-order valence-corrected chi connectivity index (χ3v) is 6.31. The van der Waals surface area contributed by atoms with Crippen molar-refractivity contribution >= 4 is 35.0 Å². The van der Waals surface area contributed by atoms with Crippen molar-refractivity contribution in [3.8, 4) is 23.1 Å². The van der Waals surface area contributed by atoms with Crippen molar-refractivity contribution in [3.63, 3.8) is 0 Å². The first-order chi connectivity index (χ1) is 15.7. The normalized spacial score (nSPS) is 11.3. The summed E-state index contributed by atoms with van der Waals surface area (Å²) in [6, 6.07) is 14.2. The first-order valence-electron chi connectivity index (χ1n) is 10.0. The van der Waals surface area contributed by atoms with E-state index in [1.165, 1.54) is 0 Å². The maximum absolute atomic E-state index is 13.8. The minimum atomic E-state index is -4.71. The number of hydrogen-bond donors (Lipinski definition) is 0. The average molecular weight is 511 g/mol. The molecule has 0 unspecified atom stereocenters. The lowest BCUT2D eigenvalue weighted by Crippen LogP contribution is -2.10. The van der Waals surface area contributed by atoms with Gasteiger partial charge in [-0.3, -0.25) is 0 Å². The molecule has 0 amide bonds. The van der Waals surface area contributed by atoms with Crippen LogP contribution in [0.15, 0.2) is 53.6 Å². The monoisotopic (exact) mass is 510 g/mol. The summed E-state index contributed by atoms with van der Waals surface area (Å²) >= 11 is 13.1. The predicted octanol–water partition coefficient (Wildman–Crippen LogP) is 8.42. The number of pyridine rings is 1. The first-order valence-corrected chi connectivity index (χ1v) is 11.8. The Morgan fingerprint density at radius 3 is 2.42 bits per heavy atom. The molecule has 0 spiro atoms. The van der Waals surface area contributed by atoms with Gasteiger partial charge in [-0.1, -0.05) is 42.6 Å². The van der Waals surface area contributed by atoms with Gasteiger partial charge in [-0.05, 0) is 54.4 Å². The standard InChI is InChI=1S/C24H19Cl2F3N2OS/c1-2-3-10-32-18-8-5-15(6-9-18)22-12-20(24(27,28)29)19(13-30)23(31-22)33-14-16-4-7-17(25)11-21(16)26/h4-9,11-12H,2-3,10,14H2,1H3. The Kier molecular flexibility index (Phi) is 8.52. The van der Waals surface area contributed by atoms with E-state index in [0.717, 1.165) is 30.7 Å². The quantitative estimate of drug-likeness (QED) is 0.225. The number of rotatable bonds is 8. The Morgan fingerprint density at radius 1 is 1.09 bits per heavy atom. The van der Waals surface area contributed by atoms with Crippen LogP contribution in [-0.4, -0.2) is 11.6 Å². The second-order valence-corrected chi connectivity index (χ2v) is 8.90. The predicted molar refractivity (Wildman–Crippen MR) is 126 cm³/mol. The minimum absolute atomic E-state index is 0.0170. The molecule has 0 aliphatic rings. The molecule has 33 heavy (non-hydrogen) atoms. The number of halogens is 5. The van der Waals surface area contributed by atoms with Crippen LogP contribution in [0, 0.1) is 11.3 Å². The highest BCUT2D eigenvalue weighted by Gasteiger charge is 2.36. The Morgan fingerprint density at radius 2 is 1.82 bits per heavy atom. The maximum Gasteiger partial charge on any atom is 0.417 e. The smallest absolute Gasteiger partial charge is 0.417 e. The fourth-order valence-electron chi connectivity index (χ4n) is 2.95. The molecule has 0 atom stereocenters. The van der Waals surface area contributed by atoms with Gasteiger partial charge < -0.3 is 4.74 Å². The van der Waals surface area contributed by atoms with E-state index >= 15 is 0 Å². The van der Waals surface area contributed by atoms with Crippen LogP contribution in [0.5, 0.6) is 5.75 Å². The van der Waals surface area contributed by atoms with E-state index in [9.17, 15) is 18.4 Å². The van der Waals surface area contributed by atoms with Crippen molar-refractivity contribution in [1.29, 1.82) is 5.26 Å². The Hall–Kier alpha value is -2.40. The molecule has 1 aromatic heterocycles. The number of hydrogen-bond acceptors (Lipinski definition) is 4. The summed E-state index contributed by atoms with van der Waals surface area (Å²) in [6.45, 7) is 2.62. The van der Waals surface area contributed by atoms with Crippen LogP contribution >= 0.6 is 35.0 Å². The molecule has 0 aliphatic heterocycles. The first kappa shape index (κ1) is 25.2. The molecule has 3 nitrogen and oxygen atoms in total. The zero-order valence-corrected chi connectivity index (χ0v) is 19.9. The van der Waals surface area contributed by atoms with E-state index in [1.54, 1.807) is 48.5 Å². The third-order valence-electron chi connectivity index (χ3n) is 4.70. The second kappa shape index (κ2) is 11.1. The largest absolute Gasteiger partial charge is 0.494 e. The maximum atomic E-state index is 13.8. The van der Waals surface area contributed by atoms with Crippen molar-refractivity contribution in [2.24, 2.45) is 0 Å². The van der Waals surface area contributed by atoms with Gasteiger partial charge in [-0.25, -0.2) is 4.98 Å². The van der Waals surface area contributed by atoms with Gasteiger partial charge in [0.1, 0.15) is 16.8 Å². The second-order valence-electron chi connectivity index (χ2n) is 7.10. The van der Waals surface area contributed by atoms with E-state index in [-0.39, 0.29) is 16.5 Å². The van der Waals surface area contributed by atoms with E-state index in [1.807, 2.05) is 0 Å². The highest BCUT2D eigenvalue weighted by Crippen LogP contribution is 2.39. The van der Waals surface area contributed by atoms with Crippen molar-refractivity contribution in [2.45, 2.75) is 36.7 Å². The molecule has 2 aromatic carbocycles. The van der Waals surface area contributed by atoms with Crippen LogP contribution in [0.4, 0.5) is 13.2 Å². The van der Waals surface area contributed by atoms with Crippen molar-refractivity contribution in [2.75, 3.05) is 6.61 Å². The SMILES string of the molecule is CCCCOc1ccc(-c2cc(C(F)(F)F)c(C#N)c(SCc3ccc(Cl)cc3Cl)n2)cc1. The van der Waals surface area contributed by atoms with Gasteiger partial charge in [0.2, 0.25) is 0 Å². The number of ether oxygens (including phenoxy) is 1. The van der Waals surface area contributed by atoms with Crippen LogP contribution in [0.3, 0.4) is 0 Å². The lowest BCUT2D eigenvalue weighted by molar-refractivity contribution is -0.138. The Labute approximate surface area is 204 Å². The van der Waals surface area contributed by atoms with E-state index < -0.39 is 17.3 Å². The van der Waals surface area contributed by atoms with Gasteiger partial charge in [0.05, 0.1) is 23.4 Å². The lowest BCUT2D eigenvalue weighted by atomic mass is 10.1. The molecule has 9 heteroatoms. The van der Waals surface area contributed by atoms with E-state index in [2.05, 4.69) is 11.9 Å². The van der Waals surface area contributed by atoms with Crippen molar-refractivity contribution in [3.05, 3.63) is 75.3 Å². The Bertz CT molecular complexity index is 1160. The highest BCUT2D eigenvalue weighted by atomic mass is 35.5. The highest BCUT2D eigenvalue weighted by molar-refractivity contribution is 7.98. The molecular formula is C24H19Cl2F3N2OS. The Balaban J connectivity index is 1.97. The minimum Gasteiger partial charge on any atom is -0.494 e. The summed E-state index contributed by atoms with van der Waals surface area (Å²) in [5.74, 6) is 0.853. The summed E-state index contributed by atoms with van der Waals surface area (Å²) in [5, 5.41) is 10.3. The number of nitriles is 1. The fraction of sp³-hybridized carbons (Fsp3) is 0.250. The topological polar surface area (TPSA) is 45.9 Å². The van der Waals surface area contributed by atoms with E-state index in [0.29, 0.717) is 33.5 Å². The summed E-state index contributed by atoms with van der Waals surface area (Å²) in [5.41, 5.74) is -0.265. The molecule has 0 radical (unpaired) electrons. The molecule has 0 bridgehead atoms. The lowest BCUT2D eigenvalue weighted by Gasteiger charge is -2.15. The number of thioether (sulfide) groups is 1. The van der Waals surface area contributed by atoms with Crippen molar-refractivity contribution < 1.29 is 17.9 Å². The zero-order chi connectivity index (χ0) is 24.0. The number of unbranched alkanes of at least 4 members (excludes halogenated alkanes) is 1. The van der Waals surface area contributed by atoms with Crippen LogP contribution in [0.1, 0.15) is 36.5 Å². The molecule has 172 valence electrons. The number of benzene rings is 2. The summed E-state index contributed by atoms with van der Waals surface area (Å²) in [4.78, 5) is 4.39. The molecule has 0 saturated heterocycles. The molecular weight excluding hydrogens is 492 g/mol. The average Bonchev–Trinajstić information content (AvgIpc) is 2.78. The number of alkyl halides is 3. The summed E-state index contributed by atoms with van der Waals surface area (Å²) in [7, 11) is 0. The molecule has 1 heterocycles. The van der Waals surface area contributed by atoms with Gasteiger partial charge >= 0.3 is 6.18 Å². The van der Waals surface area contributed by atoms with Gasteiger partial charge in [-0.2, -0.15) is 18.4 Å². The molecule has 3 rings (SSSR count). The van der Waals surface area contributed by atoms with Gasteiger partial charge in [0, 0.05) is 21.4 Å². The van der Waals surface area contributed by atoms with Crippen LogP contribution < -0.4 is 4.74 Å². The van der Waals surface area contributed by atoms with E-state index in [4.69, 9.17) is 27.9 Å². The van der Waals surface area contributed by atoms with Gasteiger partial charge in [0.15, 0.2) is 0 Å². The molecule has 0 fully saturated rings. The molecule has 0 saturated carbocycles. The van der Waals surface area contributed by atoms with Crippen LogP contribution in [0.25, 0.3) is 11.3 Å². The molecule has 0 N–H and O–H groups in total. The summed E-state index contributed by atoms with van der Waals surface area (Å²) < 4.78 is 46.9.